The third kappa shape index (κ3) is 5.52. The van der Waals surface area contributed by atoms with Gasteiger partial charge in [0.05, 0.1) is 7.11 Å². The zero-order chi connectivity index (χ0) is 12.7. The van der Waals surface area contributed by atoms with Gasteiger partial charge >= 0.3 is 5.97 Å². The van der Waals surface area contributed by atoms with Gasteiger partial charge in [0.1, 0.15) is 3.92 Å². The summed E-state index contributed by atoms with van der Waals surface area (Å²) in [7, 11) is 3.64. The van der Waals surface area contributed by atoms with Crippen molar-refractivity contribution in [2.24, 2.45) is 0 Å². The molecule has 4 nitrogen and oxygen atoms in total. The Balaban J connectivity index is 2.09. The van der Waals surface area contributed by atoms with Gasteiger partial charge in [-0.2, -0.15) is 0 Å². The number of alkyl halides is 1. The van der Waals surface area contributed by atoms with Crippen LogP contribution in [0.1, 0.15) is 25.7 Å². The number of esters is 1. The third-order valence-electron chi connectivity index (χ3n) is 3.36. The van der Waals surface area contributed by atoms with Crippen molar-refractivity contribution in [3.8, 4) is 0 Å². The monoisotopic (exact) mass is 354 g/mol. The molecule has 1 aliphatic heterocycles. The molecule has 0 aromatic carbocycles. The molecule has 0 spiro atoms. The fourth-order valence-corrected chi connectivity index (χ4v) is 2.78. The lowest BCUT2D eigenvalue weighted by atomic mass is 10.0. The molecule has 0 aromatic heterocycles. The summed E-state index contributed by atoms with van der Waals surface area (Å²) in [6.45, 7) is 2.90. The molecule has 1 saturated heterocycles. The number of halogens is 1. The lowest BCUT2D eigenvalue weighted by Gasteiger charge is -2.32. The molecule has 1 rings (SSSR count). The molecule has 0 aromatic rings. The van der Waals surface area contributed by atoms with E-state index in [2.05, 4.69) is 44.6 Å². The molecule has 2 unspecified atom stereocenters. The number of piperidine rings is 1. The van der Waals surface area contributed by atoms with Crippen LogP contribution in [-0.4, -0.2) is 54.6 Å². The smallest absolute Gasteiger partial charge is 0.319 e. The van der Waals surface area contributed by atoms with Crippen molar-refractivity contribution in [1.29, 1.82) is 0 Å². The lowest BCUT2D eigenvalue weighted by molar-refractivity contribution is -0.139. The van der Waals surface area contributed by atoms with Crippen LogP contribution in [0, 0.1) is 0 Å². The predicted molar refractivity (Wildman–Crippen MR) is 77.6 cm³/mol. The number of hydrogen-bond acceptors (Lipinski definition) is 4. The van der Waals surface area contributed by atoms with Gasteiger partial charge in [-0.05, 0) is 39.4 Å². The van der Waals surface area contributed by atoms with E-state index in [-0.39, 0.29) is 9.89 Å². The van der Waals surface area contributed by atoms with E-state index in [9.17, 15) is 4.79 Å². The number of carbonyl (C=O) groups is 1. The number of nitrogens with zero attached hydrogens (tertiary/aromatic N) is 1. The Kier molecular flexibility index (Phi) is 7.38. The van der Waals surface area contributed by atoms with Gasteiger partial charge in [-0.1, -0.05) is 29.0 Å². The highest BCUT2D eigenvalue weighted by Crippen LogP contribution is 2.17. The number of hydrogen-bond donors (Lipinski definition) is 1. The van der Waals surface area contributed by atoms with Gasteiger partial charge in [0.25, 0.3) is 0 Å². The van der Waals surface area contributed by atoms with Crippen LogP contribution in [0.3, 0.4) is 0 Å². The number of ether oxygens (including phenoxy) is 1. The topological polar surface area (TPSA) is 41.6 Å². The molecule has 0 aliphatic carbocycles. The Hall–Kier alpha value is 0.120. The first-order valence-electron chi connectivity index (χ1n) is 6.28. The fourth-order valence-electron chi connectivity index (χ4n) is 2.22. The van der Waals surface area contributed by atoms with Crippen molar-refractivity contribution in [2.45, 2.75) is 35.6 Å². The first-order valence-corrected chi connectivity index (χ1v) is 7.52. The number of carbonyl (C=O) groups excluding carboxylic acids is 1. The second kappa shape index (κ2) is 8.26. The molecule has 100 valence electrons. The average molecular weight is 354 g/mol. The van der Waals surface area contributed by atoms with E-state index >= 15 is 0 Å². The van der Waals surface area contributed by atoms with Crippen LogP contribution in [-0.2, 0) is 9.53 Å². The first-order chi connectivity index (χ1) is 8.15. The molecule has 0 radical (unpaired) electrons. The molecule has 0 saturated carbocycles. The molecule has 2 atom stereocenters. The van der Waals surface area contributed by atoms with Crippen molar-refractivity contribution < 1.29 is 9.53 Å². The zero-order valence-electron chi connectivity index (χ0n) is 10.7. The molecule has 0 bridgehead atoms. The second-order valence-corrected chi connectivity index (χ2v) is 6.12. The van der Waals surface area contributed by atoms with Crippen LogP contribution in [0.5, 0.6) is 0 Å². The maximum absolute atomic E-state index is 11.2. The normalized spacial score (nSPS) is 23.4. The van der Waals surface area contributed by atoms with Gasteiger partial charge in [-0.3, -0.25) is 4.79 Å². The number of methoxy groups -OCH3 is 1. The van der Waals surface area contributed by atoms with Crippen molar-refractivity contribution in [1.82, 2.24) is 10.2 Å². The average Bonchev–Trinajstić information content (AvgIpc) is 2.35. The van der Waals surface area contributed by atoms with Crippen LogP contribution in [0.15, 0.2) is 0 Å². The minimum atomic E-state index is -0.145. The quantitative estimate of drug-likeness (QED) is 0.339. The Bertz CT molecular complexity index is 239. The molecule has 17 heavy (non-hydrogen) atoms. The molecule has 1 fully saturated rings. The predicted octanol–water partition coefficient (Wildman–Crippen LogP) is 1.43. The summed E-state index contributed by atoms with van der Waals surface area (Å²) in [5, 5.41) is 3.33. The number of nitrogens with one attached hydrogen (secondary N) is 1. The standard InChI is InChI=1S/C12H23IN2O2/c1-15-8-4-3-5-10(15)6-7-14-9-11(13)12(16)17-2/h10-11,14H,3-9H2,1-2H3. The molecule has 1 N–H and O–H groups in total. The summed E-state index contributed by atoms with van der Waals surface area (Å²) in [6, 6.07) is 0.710. The largest absolute Gasteiger partial charge is 0.468 e. The van der Waals surface area contributed by atoms with Crippen molar-refractivity contribution in [3.63, 3.8) is 0 Å². The minimum absolute atomic E-state index is 0.0818. The van der Waals surface area contributed by atoms with Gasteiger partial charge in [-0.25, -0.2) is 0 Å². The van der Waals surface area contributed by atoms with Gasteiger partial charge in [0, 0.05) is 12.6 Å². The summed E-state index contributed by atoms with van der Waals surface area (Å²) in [4.78, 5) is 13.6. The van der Waals surface area contributed by atoms with Gasteiger partial charge in [0.2, 0.25) is 0 Å². The molecule has 1 heterocycles. The van der Waals surface area contributed by atoms with Gasteiger partial charge in [-0.15, -0.1) is 0 Å². The maximum atomic E-state index is 11.2. The lowest BCUT2D eigenvalue weighted by Crippen LogP contribution is -2.39. The van der Waals surface area contributed by atoms with Crippen molar-refractivity contribution in [2.75, 3.05) is 33.8 Å². The third-order valence-corrected chi connectivity index (χ3v) is 4.31. The minimum Gasteiger partial charge on any atom is -0.468 e. The summed E-state index contributed by atoms with van der Waals surface area (Å²) in [5.74, 6) is -0.145. The Morgan fingerprint density at radius 3 is 3.00 bits per heavy atom. The highest BCUT2D eigenvalue weighted by Gasteiger charge is 2.19. The zero-order valence-corrected chi connectivity index (χ0v) is 12.9. The highest BCUT2D eigenvalue weighted by atomic mass is 127. The Labute approximate surface area is 118 Å². The van der Waals surface area contributed by atoms with E-state index < -0.39 is 0 Å². The fraction of sp³-hybridized carbons (Fsp3) is 0.917. The summed E-state index contributed by atoms with van der Waals surface area (Å²) in [6.07, 6.45) is 5.16. The van der Waals surface area contributed by atoms with E-state index in [1.54, 1.807) is 0 Å². The van der Waals surface area contributed by atoms with Crippen molar-refractivity contribution >= 4 is 28.6 Å². The van der Waals surface area contributed by atoms with E-state index in [1.807, 2.05) is 0 Å². The van der Waals surface area contributed by atoms with Gasteiger partial charge in [0.15, 0.2) is 0 Å². The van der Waals surface area contributed by atoms with Crippen LogP contribution in [0.25, 0.3) is 0 Å². The highest BCUT2D eigenvalue weighted by molar-refractivity contribution is 14.1. The summed E-state index contributed by atoms with van der Waals surface area (Å²) in [5.41, 5.74) is 0. The first kappa shape index (κ1) is 15.2. The van der Waals surface area contributed by atoms with Crippen molar-refractivity contribution in [3.05, 3.63) is 0 Å². The summed E-state index contributed by atoms with van der Waals surface area (Å²) >= 11 is 2.12. The molecule has 0 amide bonds. The van der Waals surface area contributed by atoms with E-state index in [1.165, 1.54) is 39.3 Å². The van der Waals surface area contributed by atoms with Crippen LogP contribution >= 0.6 is 22.6 Å². The molecular formula is C12H23IN2O2. The van der Waals surface area contributed by atoms with Crippen LogP contribution in [0.2, 0.25) is 0 Å². The Morgan fingerprint density at radius 2 is 2.35 bits per heavy atom. The van der Waals surface area contributed by atoms with Crippen LogP contribution < -0.4 is 5.32 Å². The second-order valence-electron chi connectivity index (χ2n) is 4.61. The van der Waals surface area contributed by atoms with E-state index in [4.69, 9.17) is 0 Å². The Morgan fingerprint density at radius 1 is 1.59 bits per heavy atom. The number of likely N-dealkylation sites (tertiary alicyclic amines) is 1. The maximum Gasteiger partial charge on any atom is 0.319 e. The summed E-state index contributed by atoms with van der Waals surface area (Å²) < 4.78 is 4.60. The van der Waals surface area contributed by atoms with E-state index in [0.29, 0.717) is 12.6 Å². The molecular weight excluding hydrogens is 331 g/mol. The molecule has 5 heteroatoms. The number of rotatable bonds is 6. The van der Waals surface area contributed by atoms with Crippen LogP contribution in [0.4, 0.5) is 0 Å². The van der Waals surface area contributed by atoms with Gasteiger partial charge < -0.3 is 15.0 Å². The van der Waals surface area contributed by atoms with E-state index in [0.717, 1.165) is 6.54 Å². The SMILES string of the molecule is COC(=O)C(I)CNCCC1CCCCN1C. The molecule has 1 aliphatic rings.